The van der Waals surface area contributed by atoms with E-state index in [1.807, 2.05) is 48.5 Å². The molecule has 3 aliphatic heterocycles. The van der Waals surface area contributed by atoms with Gasteiger partial charge < -0.3 is 18.9 Å². The lowest BCUT2D eigenvalue weighted by Gasteiger charge is -2.37. The number of amides is 1. The second kappa shape index (κ2) is 9.74. The highest BCUT2D eigenvalue weighted by molar-refractivity contribution is 6.03. The zero-order valence-electron chi connectivity index (χ0n) is 19.7. The number of hydrazone groups is 1. The normalized spacial score (nSPS) is 22.1. The average Bonchev–Trinajstić information content (AvgIpc) is 3.53. The van der Waals surface area contributed by atoms with Crippen LogP contribution in [0.3, 0.4) is 0 Å². The SMILES string of the molecule is COc1ccc(OC)c([C@H]2CC(c3ccccc3)=NN2C(=O)CN2CCC3(CC2)OCCO3)c1. The fourth-order valence-corrected chi connectivity index (χ4v) is 4.99. The first-order valence-electron chi connectivity index (χ1n) is 11.8. The van der Waals surface area contributed by atoms with Gasteiger partial charge in [0.15, 0.2) is 5.79 Å². The summed E-state index contributed by atoms with van der Waals surface area (Å²) < 4.78 is 22.8. The van der Waals surface area contributed by atoms with E-state index >= 15 is 0 Å². The Morgan fingerprint density at radius 3 is 2.47 bits per heavy atom. The first kappa shape index (κ1) is 22.8. The van der Waals surface area contributed by atoms with E-state index in [1.54, 1.807) is 19.2 Å². The number of methoxy groups -OCH3 is 2. The number of likely N-dealkylation sites (tertiary alicyclic amines) is 1. The monoisotopic (exact) mass is 465 g/mol. The Hall–Kier alpha value is -2.94. The Kier molecular flexibility index (Phi) is 6.54. The molecule has 8 nitrogen and oxygen atoms in total. The van der Waals surface area contributed by atoms with Crippen molar-refractivity contribution in [2.45, 2.75) is 31.1 Å². The molecule has 1 amide bonds. The number of benzene rings is 2. The molecule has 2 saturated heterocycles. The maximum atomic E-state index is 13.6. The quantitative estimate of drug-likeness (QED) is 0.652. The summed E-state index contributed by atoms with van der Waals surface area (Å²) in [5, 5.41) is 6.44. The molecule has 1 spiro atoms. The van der Waals surface area contributed by atoms with Crippen molar-refractivity contribution in [2.24, 2.45) is 5.10 Å². The van der Waals surface area contributed by atoms with Crippen molar-refractivity contribution in [1.82, 2.24) is 9.91 Å². The lowest BCUT2D eigenvalue weighted by Crippen LogP contribution is -2.48. The summed E-state index contributed by atoms with van der Waals surface area (Å²) in [6, 6.07) is 15.4. The molecule has 2 aromatic carbocycles. The molecule has 2 aromatic rings. The van der Waals surface area contributed by atoms with Crippen LogP contribution in [0.25, 0.3) is 0 Å². The third-order valence-electron chi connectivity index (χ3n) is 6.86. The van der Waals surface area contributed by atoms with Gasteiger partial charge in [-0.15, -0.1) is 0 Å². The summed E-state index contributed by atoms with van der Waals surface area (Å²) in [6.07, 6.45) is 2.14. The summed E-state index contributed by atoms with van der Waals surface area (Å²) >= 11 is 0. The summed E-state index contributed by atoms with van der Waals surface area (Å²) in [5.74, 6) is 0.935. The maximum absolute atomic E-state index is 13.6. The number of carbonyl (C=O) groups excluding carboxylic acids is 1. The molecule has 0 aliphatic carbocycles. The highest BCUT2D eigenvalue weighted by Gasteiger charge is 2.41. The Bertz CT molecular complexity index is 1040. The van der Waals surface area contributed by atoms with E-state index in [2.05, 4.69) is 4.90 Å². The van der Waals surface area contributed by atoms with E-state index in [0.717, 1.165) is 42.8 Å². The van der Waals surface area contributed by atoms with Gasteiger partial charge in [0.2, 0.25) is 0 Å². The standard InChI is InChI=1S/C26H31N3O5/c1-31-20-8-9-24(32-2)21(16-20)23-17-22(19-6-4-3-5-7-19)27-29(23)25(30)18-28-12-10-26(11-13-28)33-14-15-34-26/h3-9,16,23H,10-15,17-18H2,1-2H3/t23-/m1/s1. The fraction of sp³-hybridized carbons (Fsp3) is 0.462. The Morgan fingerprint density at radius 2 is 1.79 bits per heavy atom. The molecule has 34 heavy (non-hydrogen) atoms. The second-order valence-electron chi connectivity index (χ2n) is 8.86. The van der Waals surface area contributed by atoms with Crippen LogP contribution in [0.2, 0.25) is 0 Å². The van der Waals surface area contributed by atoms with Gasteiger partial charge in [-0.25, -0.2) is 5.01 Å². The largest absolute Gasteiger partial charge is 0.497 e. The predicted molar refractivity (Wildman–Crippen MR) is 127 cm³/mol. The van der Waals surface area contributed by atoms with Gasteiger partial charge in [-0.3, -0.25) is 9.69 Å². The molecule has 0 bridgehead atoms. The van der Waals surface area contributed by atoms with Crippen LogP contribution in [0.1, 0.15) is 36.4 Å². The zero-order valence-corrected chi connectivity index (χ0v) is 19.7. The minimum atomic E-state index is -0.456. The second-order valence-corrected chi connectivity index (χ2v) is 8.86. The molecule has 8 heteroatoms. The Labute approximate surface area is 200 Å². The van der Waals surface area contributed by atoms with E-state index in [-0.39, 0.29) is 11.9 Å². The number of ether oxygens (including phenoxy) is 4. The van der Waals surface area contributed by atoms with E-state index in [1.165, 1.54) is 0 Å². The van der Waals surface area contributed by atoms with Crippen molar-refractivity contribution >= 4 is 11.6 Å². The fourth-order valence-electron chi connectivity index (χ4n) is 4.99. The molecule has 3 heterocycles. The number of nitrogens with zero attached hydrogens (tertiary/aromatic N) is 3. The van der Waals surface area contributed by atoms with Crippen molar-refractivity contribution in [3.8, 4) is 11.5 Å². The van der Waals surface area contributed by atoms with Crippen molar-refractivity contribution in [2.75, 3.05) is 47.1 Å². The lowest BCUT2D eigenvalue weighted by molar-refractivity contribution is -0.186. The zero-order chi connectivity index (χ0) is 23.5. The van der Waals surface area contributed by atoms with Gasteiger partial charge in [-0.2, -0.15) is 5.10 Å². The molecular weight excluding hydrogens is 434 g/mol. The molecular formula is C26H31N3O5. The van der Waals surface area contributed by atoms with Crippen molar-refractivity contribution in [3.05, 3.63) is 59.7 Å². The van der Waals surface area contributed by atoms with Gasteiger partial charge in [-0.05, 0) is 23.8 Å². The van der Waals surface area contributed by atoms with Gasteiger partial charge in [-0.1, -0.05) is 30.3 Å². The van der Waals surface area contributed by atoms with Crippen LogP contribution < -0.4 is 9.47 Å². The molecule has 0 saturated carbocycles. The minimum Gasteiger partial charge on any atom is -0.497 e. The van der Waals surface area contributed by atoms with Crippen molar-refractivity contribution < 1.29 is 23.7 Å². The van der Waals surface area contributed by atoms with Crippen LogP contribution >= 0.6 is 0 Å². The van der Waals surface area contributed by atoms with Gasteiger partial charge >= 0.3 is 0 Å². The summed E-state index contributed by atoms with van der Waals surface area (Å²) in [6.45, 7) is 3.09. The van der Waals surface area contributed by atoms with Crippen LogP contribution in [0.15, 0.2) is 53.6 Å². The van der Waals surface area contributed by atoms with E-state index in [4.69, 9.17) is 24.0 Å². The summed E-state index contributed by atoms with van der Waals surface area (Å²) in [4.78, 5) is 15.7. The lowest BCUT2D eigenvalue weighted by atomic mass is 9.97. The topological polar surface area (TPSA) is 72.8 Å². The molecule has 1 atom stereocenters. The van der Waals surface area contributed by atoms with Gasteiger partial charge in [0.05, 0.1) is 45.7 Å². The molecule has 2 fully saturated rings. The predicted octanol–water partition coefficient (Wildman–Crippen LogP) is 3.22. The molecule has 0 N–H and O–H groups in total. The van der Waals surface area contributed by atoms with E-state index in [0.29, 0.717) is 37.7 Å². The third kappa shape index (κ3) is 4.53. The molecule has 180 valence electrons. The Morgan fingerprint density at radius 1 is 1.06 bits per heavy atom. The van der Waals surface area contributed by atoms with Gasteiger partial charge in [0, 0.05) is 37.9 Å². The van der Waals surface area contributed by atoms with E-state index < -0.39 is 5.79 Å². The van der Waals surface area contributed by atoms with Crippen molar-refractivity contribution in [1.29, 1.82) is 0 Å². The average molecular weight is 466 g/mol. The van der Waals surface area contributed by atoms with Crippen LogP contribution in [-0.2, 0) is 14.3 Å². The number of carbonyl (C=O) groups is 1. The highest BCUT2D eigenvalue weighted by Crippen LogP contribution is 2.39. The van der Waals surface area contributed by atoms with Gasteiger partial charge in [0.25, 0.3) is 5.91 Å². The van der Waals surface area contributed by atoms with Crippen LogP contribution in [-0.4, -0.2) is 74.4 Å². The van der Waals surface area contributed by atoms with Crippen molar-refractivity contribution in [3.63, 3.8) is 0 Å². The van der Waals surface area contributed by atoms with Crippen LogP contribution in [0.4, 0.5) is 0 Å². The van der Waals surface area contributed by atoms with Gasteiger partial charge in [0.1, 0.15) is 11.5 Å². The number of hydrogen-bond acceptors (Lipinski definition) is 7. The minimum absolute atomic E-state index is 0.0370. The smallest absolute Gasteiger partial charge is 0.257 e. The molecule has 0 radical (unpaired) electrons. The molecule has 0 unspecified atom stereocenters. The first-order valence-corrected chi connectivity index (χ1v) is 11.8. The Balaban J connectivity index is 1.38. The number of rotatable bonds is 6. The molecule has 0 aromatic heterocycles. The first-order chi connectivity index (χ1) is 16.6. The van der Waals surface area contributed by atoms with E-state index in [9.17, 15) is 4.79 Å². The third-order valence-corrected chi connectivity index (χ3v) is 6.86. The highest BCUT2D eigenvalue weighted by atomic mass is 16.7. The number of hydrogen-bond donors (Lipinski definition) is 0. The maximum Gasteiger partial charge on any atom is 0.257 e. The van der Waals surface area contributed by atoms with Crippen LogP contribution in [0.5, 0.6) is 11.5 Å². The van der Waals surface area contributed by atoms with Crippen LogP contribution in [0, 0.1) is 0 Å². The molecule has 3 aliphatic rings. The summed E-state index contributed by atoms with van der Waals surface area (Å²) in [7, 11) is 3.28. The number of piperidine rings is 1. The molecule has 5 rings (SSSR count). The summed E-state index contributed by atoms with van der Waals surface area (Å²) in [5.41, 5.74) is 2.78.